The lowest BCUT2D eigenvalue weighted by molar-refractivity contribution is -0.130. The van der Waals surface area contributed by atoms with E-state index in [-0.39, 0.29) is 11.9 Å². The van der Waals surface area contributed by atoms with E-state index in [0.717, 1.165) is 24.3 Å². The SMILES string of the molecule is Cc1ccc(-n2cnnc2SCC(=O)N2CCN([C@H](C)c3nc(-c4ccccc4)no3)CC2)cc1. The number of thioether (sulfide) groups is 1. The summed E-state index contributed by atoms with van der Waals surface area (Å²) in [6.45, 7) is 6.94. The Morgan fingerprint density at radius 3 is 2.54 bits per heavy atom. The molecule has 1 atom stereocenters. The molecule has 1 saturated heterocycles. The van der Waals surface area contributed by atoms with Crippen LogP contribution in [-0.2, 0) is 4.79 Å². The highest BCUT2D eigenvalue weighted by Gasteiger charge is 2.28. The molecule has 4 aromatic rings. The van der Waals surface area contributed by atoms with Crippen LogP contribution in [0.15, 0.2) is 70.6 Å². The van der Waals surface area contributed by atoms with E-state index in [9.17, 15) is 4.79 Å². The van der Waals surface area contributed by atoms with Gasteiger partial charge >= 0.3 is 0 Å². The van der Waals surface area contributed by atoms with E-state index >= 15 is 0 Å². The Balaban J connectivity index is 1.13. The van der Waals surface area contributed by atoms with Crippen LogP contribution in [0.5, 0.6) is 0 Å². The maximum Gasteiger partial charge on any atom is 0.244 e. The molecule has 1 aliphatic rings. The lowest BCUT2D eigenvalue weighted by atomic mass is 10.2. The third-order valence-electron chi connectivity index (χ3n) is 6.20. The van der Waals surface area contributed by atoms with E-state index in [0.29, 0.717) is 35.7 Å². The van der Waals surface area contributed by atoms with Crippen molar-refractivity contribution in [3.05, 3.63) is 72.4 Å². The number of amides is 1. The van der Waals surface area contributed by atoms with Crippen LogP contribution in [0.2, 0.25) is 0 Å². The summed E-state index contributed by atoms with van der Waals surface area (Å²) in [7, 11) is 0. The lowest BCUT2D eigenvalue weighted by Gasteiger charge is -2.36. The number of benzene rings is 2. The van der Waals surface area contributed by atoms with Crippen molar-refractivity contribution in [2.75, 3.05) is 31.9 Å². The van der Waals surface area contributed by atoms with Crippen LogP contribution in [0.1, 0.15) is 24.4 Å². The van der Waals surface area contributed by atoms with E-state index in [1.807, 2.05) is 64.1 Å². The first-order valence-corrected chi connectivity index (χ1v) is 12.6. The van der Waals surface area contributed by atoms with Gasteiger partial charge in [0.15, 0.2) is 5.16 Å². The maximum absolute atomic E-state index is 12.9. The molecule has 180 valence electrons. The molecule has 0 aliphatic carbocycles. The predicted molar refractivity (Wildman–Crippen MR) is 133 cm³/mol. The molecule has 35 heavy (non-hydrogen) atoms. The van der Waals surface area contributed by atoms with Gasteiger partial charge in [0.1, 0.15) is 6.33 Å². The molecule has 2 aromatic carbocycles. The van der Waals surface area contributed by atoms with Gasteiger partial charge in [-0.3, -0.25) is 14.3 Å². The first kappa shape index (κ1) is 23.3. The minimum atomic E-state index is -0.0142. The van der Waals surface area contributed by atoms with Crippen LogP contribution >= 0.6 is 11.8 Å². The zero-order valence-corrected chi connectivity index (χ0v) is 20.6. The van der Waals surface area contributed by atoms with Crippen molar-refractivity contribution in [2.24, 2.45) is 0 Å². The summed E-state index contributed by atoms with van der Waals surface area (Å²) in [5, 5.41) is 13.1. The monoisotopic (exact) mass is 489 g/mol. The first-order valence-electron chi connectivity index (χ1n) is 11.6. The molecular formula is C25H27N7O2S. The summed E-state index contributed by atoms with van der Waals surface area (Å²) in [6, 6.07) is 17.9. The van der Waals surface area contributed by atoms with Gasteiger partial charge in [-0.1, -0.05) is 64.9 Å². The summed E-state index contributed by atoms with van der Waals surface area (Å²) in [5.74, 6) is 1.61. The fraction of sp³-hybridized carbons (Fsp3) is 0.320. The Morgan fingerprint density at radius 1 is 1.06 bits per heavy atom. The molecule has 0 bridgehead atoms. The van der Waals surface area contributed by atoms with E-state index in [1.54, 1.807) is 6.33 Å². The van der Waals surface area contributed by atoms with Crippen molar-refractivity contribution in [3.8, 4) is 17.1 Å². The smallest absolute Gasteiger partial charge is 0.244 e. The molecule has 0 saturated carbocycles. The highest BCUT2D eigenvalue weighted by atomic mass is 32.2. The van der Waals surface area contributed by atoms with Crippen molar-refractivity contribution in [3.63, 3.8) is 0 Å². The number of aromatic nitrogens is 5. The highest BCUT2D eigenvalue weighted by Crippen LogP contribution is 2.24. The molecule has 3 heterocycles. The number of hydrogen-bond donors (Lipinski definition) is 0. The average Bonchev–Trinajstić information content (AvgIpc) is 3.58. The number of nitrogens with zero attached hydrogens (tertiary/aromatic N) is 7. The van der Waals surface area contributed by atoms with Crippen molar-refractivity contribution >= 4 is 17.7 Å². The van der Waals surface area contributed by atoms with Gasteiger partial charge in [-0.2, -0.15) is 4.98 Å². The summed E-state index contributed by atoms with van der Waals surface area (Å²) >= 11 is 1.41. The number of carbonyl (C=O) groups excluding carboxylic acids is 1. The Kier molecular flexibility index (Phi) is 6.91. The molecule has 0 unspecified atom stereocenters. The van der Waals surface area contributed by atoms with Crippen molar-refractivity contribution in [1.29, 1.82) is 0 Å². The van der Waals surface area contributed by atoms with Crippen LogP contribution in [0, 0.1) is 6.92 Å². The van der Waals surface area contributed by atoms with Gasteiger partial charge in [0, 0.05) is 37.4 Å². The molecule has 9 nitrogen and oxygen atoms in total. The number of carbonyl (C=O) groups is 1. The minimum absolute atomic E-state index is 0.0142. The van der Waals surface area contributed by atoms with Gasteiger partial charge in [-0.05, 0) is 26.0 Å². The molecule has 0 spiro atoms. The van der Waals surface area contributed by atoms with Gasteiger partial charge < -0.3 is 9.42 Å². The number of hydrogen-bond acceptors (Lipinski definition) is 8. The van der Waals surface area contributed by atoms with Crippen LogP contribution in [0.3, 0.4) is 0 Å². The topological polar surface area (TPSA) is 93.2 Å². The van der Waals surface area contributed by atoms with E-state index in [4.69, 9.17) is 4.52 Å². The van der Waals surface area contributed by atoms with Crippen LogP contribution in [0.25, 0.3) is 17.1 Å². The van der Waals surface area contributed by atoms with E-state index in [2.05, 4.69) is 39.1 Å². The average molecular weight is 490 g/mol. The van der Waals surface area contributed by atoms with Crippen LogP contribution in [-0.4, -0.2) is 72.5 Å². The van der Waals surface area contributed by atoms with Gasteiger partial charge in [0.05, 0.1) is 11.8 Å². The van der Waals surface area contributed by atoms with E-state index in [1.165, 1.54) is 17.3 Å². The third-order valence-corrected chi connectivity index (χ3v) is 7.13. The minimum Gasteiger partial charge on any atom is -0.339 e. The molecule has 5 rings (SSSR count). The second-order valence-electron chi connectivity index (χ2n) is 8.52. The molecule has 0 N–H and O–H groups in total. The fourth-order valence-electron chi connectivity index (χ4n) is 4.05. The number of piperazine rings is 1. The first-order chi connectivity index (χ1) is 17.1. The Bertz CT molecular complexity index is 1260. The van der Waals surface area contributed by atoms with Gasteiger partial charge in [-0.25, -0.2) is 0 Å². The molecule has 10 heteroatoms. The highest BCUT2D eigenvalue weighted by molar-refractivity contribution is 7.99. The predicted octanol–water partition coefficient (Wildman–Crippen LogP) is 3.62. The van der Waals surface area contributed by atoms with Crippen LogP contribution < -0.4 is 0 Å². The van der Waals surface area contributed by atoms with Crippen molar-refractivity contribution < 1.29 is 9.32 Å². The number of rotatable bonds is 7. The standard InChI is InChI=1S/C25H27N7O2S/c1-18-8-10-21(11-9-18)32-17-26-28-25(32)35-16-22(33)31-14-12-30(13-15-31)19(2)24-27-23(29-34-24)20-6-4-3-5-7-20/h3-11,17,19H,12-16H2,1-2H3/t19-/m1/s1. The summed E-state index contributed by atoms with van der Waals surface area (Å²) in [4.78, 5) is 21.6. The molecule has 2 aromatic heterocycles. The van der Waals surface area contributed by atoms with Crippen molar-refractivity contribution in [2.45, 2.75) is 25.0 Å². The summed E-state index contributed by atoms with van der Waals surface area (Å²) in [6.07, 6.45) is 1.68. The molecular weight excluding hydrogens is 462 g/mol. The van der Waals surface area contributed by atoms with Crippen molar-refractivity contribution in [1.82, 2.24) is 34.7 Å². The zero-order valence-electron chi connectivity index (χ0n) is 19.7. The second kappa shape index (κ2) is 10.4. The third kappa shape index (κ3) is 5.28. The number of aryl methyl sites for hydroxylation is 1. The second-order valence-corrected chi connectivity index (χ2v) is 9.47. The van der Waals surface area contributed by atoms with Gasteiger partial charge in [-0.15, -0.1) is 10.2 Å². The normalized spacial score (nSPS) is 15.3. The fourth-order valence-corrected chi connectivity index (χ4v) is 4.88. The largest absolute Gasteiger partial charge is 0.339 e. The quantitative estimate of drug-likeness (QED) is 0.364. The molecule has 0 radical (unpaired) electrons. The van der Waals surface area contributed by atoms with Crippen LogP contribution in [0.4, 0.5) is 0 Å². The Labute approximate surface area is 208 Å². The van der Waals surface area contributed by atoms with Gasteiger partial charge in [0.25, 0.3) is 0 Å². The van der Waals surface area contributed by atoms with E-state index < -0.39 is 0 Å². The zero-order chi connectivity index (χ0) is 24.2. The molecule has 1 amide bonds. The van der Waals surface area contributed by atoms with Gasteiger partial charge in [0.2, 0.25) is 17.6 Å². The molecule has 1 aliphatic heterocycles. The maximum atomic E-state index is 12.9. The Morgan fingerprint density at radius 2 is 1.80 bits per heavy atom. The summed E-state index contributed by atoms with van der Waals surface area (Å²) < 4.78 is 7.45. The lowest BCUT2D eigenvalue weighted by Crippen LogP contribution is -2.49. The molecule has 1 fully saturated rings. The Hall–Kier alpha value is -3.50. The summed E-state index contributed by atoms with van der Waals surface area (Å²) in [5.41, 5.74) is 3.10.